The van der Waals surface area contributed by atoms with Crippen LogP contribution in [0.5, 0.6) is 5.75 Å². The van der Waals surface area contributed by atoms with Crippen molar-refractivity contribution in [2.24, 2.45) is 0 Å². The van der Waals surface area contributed by atoms with Gasteiger partial charge < -0.3 is 14.8 Å². The van der Waals surface area contributed by atoms with Crippen molar-refractivity contribution >= 4 is 22.6 Å². The van der Waals surface area contributed by atoms with Gasteiger partial charge in [-0.2, -0.15) is 0 Å². The first kappa shape index (κ1) is 15.6. The van der Waals surface area contributed by atoms with Crippen LogP contribution < -0.4 is 10.9 Å². The smallest absolute Gasteiger partial charge is 0.336 e. The van der Waals surface area contributed by atoms with Crippen LogP contribution in [0.15, 0.2) is 57.7 Å². The number of quaternary nitrogens is 1. The van der Waals surface area contributed by atoms with E-state index >= 15 is 0 Å². The fraction of sp³-hybridized carbons (Fsp3) is 0.167. The molecule has 0 fully saturated rings. The van der Waals surface area contributed by atoms with Crippen LogP contribution in [0.3, 0.4) is 0 Å². The molecule has 0 spiro atoms. The largest absolute Gasteiger partial charge is 0.508 e. The molecule has 4 nitrogen and oxygen atoms in total. The van der Waals surface area contributed by atoms with Crippen molar-refractivity contribution in [1.82, 2.24) is 0 Å². The predicted octanol–water partition coefficient (Wildman–Crippen LogP) is 2.98. The molecule has 0 amide bonds. The quantitative estimate of drug-likeness (QED) is 0.723. The monoisotopic (exact) mass is 330 g/mol. The molecule has 23 heavy (non-hydrogen) atoms. The summed E-state index contributed by atoms with van der Waals surface area (Å²) in [6.07, 6.45) is 0. The maximum absolute atomic E-state index is 11.7. The standard InChI is InChI=1S/C18H16ClNO3/c1-11(12-2-4-14(19)5-3-12)20-10-13-8-18(22)23-17-9-15(21)6-7-16(13)17/h2-9,11,20-21H,10H2,1H3/p+1/t11-/m1/s1. The molecule has 1 aromatic heterocycles. The molecule has 3 rings (SSSR count). The van der Waals surface area contributed by atoms with Gasteiger partial charge in [0.25, 0.3) is 0 Å². The van der Waals surface area contributed by atoms with E-state index in [0.29, 0.717) is 17.2 Å². The number of aromatic hydroxyl groups is 1. The van der Waals surface area contributed by atoms with Crippen LogP contribution in [0, 0.1) is 0 Å². The highest BCUT2D eigenvalue weighted by Crippen LogP contribution is 2.21. The zero-order valence-corrected chi connectivity index (χ0v) is 13.4. The highest BCUT2D eigenvalue weighted by Gasteiger charge is 2.12. The van der Waals surface area contributed by atoms with E-state index < -0.39 is 5.63 Å². The summed E-state index contributed by atoms with van der Waals surface area (Å²) in [6, 6.07) is 14.3. The lowest BCUT2D eigenvalue weighted by Crippen LogP contribution is -2.83. The third-order valence-electron chi connectivity index (χ3n) is 3.90. The van der Waals surface area contributed by atoms with Crippen molar-refractivity contribution in [3.05, 3.63) is 75.1 Å². The molecule has 3 aromatic rings. The molecule has 1 atom stereocenters. The molecule has 0 saturated heterocycles. The van der Waals surface area contributed by atoms with Crippen molar-refractivity contribution < 1.29 is 14.8 Å². The number of benzene rings is 2. The van der Waals surface area contributed by atoms with Crippen LogP contribution >= 0.6 is 11.6 Å². The first-order valence-corrected chi connectivity index (χ1v) is 7.75. The zero-order valence-electron chi connectivity index (χ0n) is 12.6. The van der Waals surface area contributed by atoms with E-state index in [2.05, 4.69) is 12.2 Å². The molecule has 5 heteroatoms. The van der Waals surface area contributed by atoms with Gasteiger partial charge in [-0.05, 0) is 31.2 Å². The molecule has 0 aliphatic rings. The summed E-state index contributed by atoms with van der Waals surface area (Å²) in [6.45, 7) is 2.74. The maximum atomic E-state index is 11.7. The Hall–Kier alpha value is -2.30. The topological polar surface area (TPSA) is 67.0 Å². The highest BCUT2D eigenvalue weighted by atomic mass is 35.5. The number of fused-ring (bicyclic) bond motifs is 1. The van der Waals surface area contributed by atoms with Crippen molar-refractivity contribution in [2.75, 3.05) is 0 Å². The van der Waals surface area contributed by atoms with Gasteiger partial charge in [0.15, 0.2) is 0 Å². The molecule has 118 valence electrons. The van der Waals surface area contributed by atoms with Gasteiger partial charge in [-0.3, -0.25) is 0 Å². The Morgan fingerprint density at radius 3 is 2.65 bits per heavy atom. The minimum atomic E-state index is -0.411. The minimum Gasteiger partial charge on any atom is -0.508 e. The van der Waals surface area contributed by atoms with E-state index in [1.165, 1.54) is 17.7 Å². The molecule has 0 unspecified atom stereocenters. The fourth-order valence-corrected chi connectivity index (χ4v) is 2.72. The van der Waals surface area contributed by atoms with Gasteiger partial charge in [0.2, 0.25) is 0 Å². The normalized spacial score (nSPS) is 12.4. The van der Waals surface area contributed by atoms with Crippen LogP contribution in [-0.4, -0.2) is 5.11 Å². The Bertz CT molecular complexity index is 887. The molecule has 0 aliphatic heterocycles. The number of phenolic OH excluding ortho intramolecular Hbond substituents is 1. The molecule has 2 aromatic carbocycles. The van der Waals surface area contributed by atoms with Gasteiger partial charge in [0.05, 0.1) is 0 Å². The van der Waals surface area contributed by atoms with Crippen molar-refractivity contribution in [1.29, 1.82) is 0 Å². The molecule has 0 aliphatic carbocycles. The Balaban J connectivity index is 1.84. The SMILES string of the molecule is C[C@@H]([NH2+]Cc1cc(=O)oc2cc(O)ccc12)c1ccc(Cl)cc1. The highest BCUT2D eigenvalue weighted by molar-refractivity contribution is 6.30. The van der Waals surface area contributed by atoms with Gasteiger partial charge in [-0.15, -0.1) is 0 Å². The second-order valence-corrected chi connectivity index (χ2v) is 5.99. The van der Waals surface area contributed by atoms with Gasteiger partial charge in [-0.25, -0.2) is 4.79 Å². The molecular formula is C18H17ClNO3+. The number of halogens is 1. The molecule has 0 saturated carbocycles. The van der Waals surface area contributed by atoms with Gasteiger partial charge in [0.1, 0.15) is 23.9 Å². The van der Waals surface area contributed by atoms with E-state index in [4.69, 9.17) is 16.0 Å². The summed E-state index contributed by atoms with van der Waals surface area (Å²) in [5.41, 5.74) is 2.04. The number of rotatable bonds is 4. The van der Waals surface area contributed by atoms with Crippen molar-refractivity contribution in [3.8, 4) is 5.75 Å². The number of phenols is 1. The van der Waals surface area contributed by atoms with E-state index in [1.807, 2.05) is 24.3 Å². The third kappa shape index (κ3) is 3.55. The lowest BCUT2D eigenvalue weighted by molar-refractivity contribution is -0.707. The molecule has 1 heterocycles. The molecule has 0 radical (unpaired) electrons. The first-order valence-electron chi connectivity index (χ1n) is 7.37. The van der Waals surface area contributed by atoms with Gasteiger partial charge in [-0.1, -0.05) is 23.7 Å². The van der Waals surface area contributed by atoms with Crippen LogP contribution in [0.2, 0.25) is 5.02 Å². The van der Waals surface area contributed by atoms with Crippen LogP contribution in [-0.2, 0) is 6.54 Å². The summed E-state index contributed by atoms with van der Waals surface area (Å²) in [7, 11) is 0. The van der Waals surface area contributed by atoms with Crippen LogP contribution in [0.1, 0.15) is 24.1 Å². The van der Waals surface area contributed by atoms with Crippen LogP contribution in [0.25, 0.3) is 11.0 Å². The second kappa shape index (κ2) is 6.44. The van der Waals surface area contributed by atoms with Crippen molar-refractivity contribution in [2.45, 2.75) is 19.5 Å². The number of hydrogen-bond acceptors (Lipinski definition) is 3. The fourth-order valence-electron chi connectivity index (χ4n) is 2.59. The number of nitrogens with two attached hydrogens (primary N) is 1. The molecular weight excluding hydrogens is 314 g/mol. The van der Waals surface area contributed by atoms with E-state index in [9.17, 15) is 9.90 Å². The summed E-state index contributed by atoms with van der Waals surface area (Å²) < 4.78 is 5.14. The predicted molar refractivity (Wildman–Crippen MR) is 89.6 cm³/mol. The van der Waals surface area contributed by atoms with E-state index in [0.717, 1.165) is 10.9 Å². The second-order valence-electron chi connectivity index (χ2n) is 5.55. The lowest BCUT2D eigenvalue weighted by Gasteiger charge is -2.12. The van der Waals surface area contributed by atoms with Gasteiger partial charge >= 0.3 is 5.63 Å². The molecule has 0 bridgehead atoms. The average molecular weight is 331 g/mol. The minimum absolute atomic E-state index is 0.0799. The summed E-state index contributed by atoms with van der Waals surface area (Å²) in [5, 5.41) is 13.2. The molecule has 3 N–H and O–H groups in total. The summed E-state index contributed by atoms with van der Waals surface area (Å²) in [5.74, 6) is 0.0799. The average Bonchev–Trinajstić information content (AvgIpc) is 2.52. The first-order chi connectivity index (χ1) is 11.0. The van der Waals surface area contributed by atoms with E-state index in [1.54, 1.807) is 12.1 Å². The number of hydrogen-bond donors (Lipinski definition) is 2. The Labute approximate surface area is 138 Å². The lowest BCUT2D eigenvalue weighted by atomic mass is 10.1. The Morgan fingerprint density at radius 2 is 1.91 bits per heavy atom. The Morgan fingerprint density at radius 1 is 1.17 bits per heavy atom. The maximum Gasteiger partial charge on any atom is 0.336 e. The summed E-state index contributed by atoms with van der Waals surface area (Å²) >= 11 is 5.91. The Kier molecular flexibility index (Phi) is 4.37. The van der Waals surface area contributed by atoms with Gasteiger partial charge in [0, 0.05) is 33.7 Å². The van der Waals surface area contributed by atoms with Crippen LogP contribution in [0.4, 0.5) is 0 Å². The zero-order chi connectivity index (χ0) is 16.4. The van der Waals surface area contributed by atoms with E-state index in [-0.39, 0.29) is 11.8 Å². The third-order valence-corrected chi connectivity index (χ3v) is 4.15. The van der Waals surface area contributed by atoms with Crippen molar-refractivity contribution in [3.63, 3.8) is 0 Å². The summed E-state index contributed by atoms with van der Waals surface area (Å²) in [4.78, 5) is 11.7.